The van der Waals surface area contributed by atoms with Crippen LogP contribution in [0.3, 0.4) is 0 Å². The summed E-state index contributed by atoms with van der Waals surface area (Å²) in [7, 11) is -4.18. The number of nitrogens with one attached hydrogen (secondary N) is 3. The summed E-state index contributed by atoms with van der Waals surface area (Å²) in [5.41, 5.74) is 0.302. The van der Waals surface area contributed by atoms with E-state index in [-0.39, 0.29) is 41.3 Å². The predicted octanol–water partition coefficient (Wildman–Crippen LogP) is 0.985. The highest BCUT2D eigenvalue weighted by Gasteiger charge is 2.21. The van der Waals surface area contributed by atoms with Crippen LogP contribution in [-0.2, 0) is 10.0 Å². The molecule has 1 heterocycles. The minimum atomic E-state index is -4.18. The van der Waals surface area contributed by atoms with E-state index in [2.05, 4.69) is 15.6 Å². The zero-order valence-corrected chi connectivity index (χ0v) is 18.7. The molecule has 1 aliphatic rings. The fraction of sp³-hybridized carbons (Fsp3) is 0.364. The molecule has 4 N–H and O–H groups in total. The normalized spacial score (nSPS) is 14.3. The molecule has 0 spiro atoms. The van der Waals surface area contributed by atoms with E-state index in [0.717, 1.165) is 31.9 Å². The van der Waals surface area contributed by atoms with Crippen molar-refractivity contribution in [3.8, 4) is 0 Å². The van der Waals surface area contributed by atoms with Gasteiger partial charge >= 0.3 is 0 Å². The van der Waals surface area contributed by atoms with Gasteiger partial charge in [-0.15, -0.1) is 0 Å². The largest absolute Gasteiger partial charge is 0.395 e. The van der Waals surface area contributed by atoms with Crippen LogP contribution in [-0.4, -0.2) is 55.4 Å². The Balaban J connectivity index is 1.62. The second kappa shape index (κ2) is 11.0. The van der Waals surface area contributed by atoms with Crippen molar-refractivity contribution in [1.29, 1.82) is 0 Å². The third kappa shape index (κ3) is 6.59. The van der Waals surface area contributed by atoms with Gasteiger partial charge in [-0.2, -0.15) is 0 Å². The lowest BCUT2D eigenvalue weighted by Gasteiger charge is -2.22. The molecule has 1 aromatic carbocycles. The molecule has 1 aromatic heterocycles. The van der Waals surface area contributed by atoms with Gasteiger partial charge in [0.15, 0.2) is 0 Å². The topological polar surface area (TPSA) is 155 Å². The van der Waals surface area contributed by atoms with Gasteiger partial charge in [-0.3, -0.25) is 19.4 Å². The van der Waals surface area contributed by atoms with Gasteiger partial charge in [0.2, 0.25) is 0 Å². The Labute approximate surface area is 191 Å². The average molecular weight is 475 g/mol. The van der Waals surface area contributed by atoms with Gasteiger partial charge in [0.05, 0.1) is 17.1 Å². The molecule has 1 saturated carbocycles. The summed E-state index contributed by atoms with van der Waals surface area (Å²) in [5.74, 6) is -1.70. The predicted molar refractivity (Wildman–Crippen MR) is 119 cm³/mol. The number of nitrogens with zero attached hydrogens (tertiary/aromatic N) is 1. The first-order valence-corrected chi connectivity index (χ1v) is 12.1. The third-order valence-electron chi connectivity index (χ3n) is 5.25. The van der Waals surface area contributed by atoms with Gasteiger partial charge in [0.25, 0.3) is 27.7 Å². The molecule has 11 heteroatoms. The Morgan fingerprint density at radius 3 is 2.18 bits per heavy atom. The van der Waals surface area contributed by atoms with Crippen LogP contribution in [0.4, 0.5) is 0 Å². The second-order valence-corrected chi connectivity index (χ2v) is 9.36. The molecule has 0 radical (unpaired) electrons. The second-order valence-electron chi connectivity index (χ2n) is 7.68. The van der Waals surface area contributed by atoms with E-state index in [1.54, 1.807) is 0 Å². The molecule has 1 fully saturated rings. The zero-order chi connectivity index (χ0) is 23.8. The van der Waals surface area contributed by atoms with Crippen molar-refractivity contribution >= 4 is 27.7 Å². The van der Waals surface area contributed by atoms with E-state index in [4.69, 9.17) is 5.11 Å². The summed E-state index contributed by atoms with van der Waals surface area (Å²) >= 11 is 0. The maximum Gasteiger partial charge on any atom is 0.269 e. The lowest BCUT2D eigenvalue weighted by molar-refractivity contribution is 0.0923. The average Bonchev–Trinajstić information content (AvgIpc) is 2.83. The summed E-state index contributed by atoms with van der Waals surface area (Å²) in [6.07, 6.45) is 6.29. The van der Waals surface area contributed by atoms with Crippen molar-refractivity contribution in [2.45, 2.75) is 43.0 Å². The van der Waals surface area contributed by atoms with Gasteiger partial charge in [0, 0.05) is 24.3 Å². The fourth-order valence-electron chi connectivity index (χ4n) is 3.46. The van der Waals surface area contributed by atoms with Crippen molar-refractivity contribution in [1.82, 2.24) is 20.3 Å². The number of pyridine rings is 1. The number of hydrogen-bond donors (Lipinski definition) is 4. The Morgan fingerprint density at radius 2 is 1.58 bits per heavy atom. The molecule has 1 aliphatic carbocycles. The first-order chi connectivity index (χ1) is 15.8. The first kappa shape index (κ1) is 24.3. The zero-order valence-electron chi connectivity index (χ0n) is 17.9. The number of carbonyl (C=O) groups excluding carboxylic acids is 3. The van der Waals surface area contributed by atoms with Gasteiger partial charge < -0.3 is 15.7 Å². The maximum absolute atomic E-state index is 12.6. The molecule has 0 unspecified atom stereocenters. The van der Waals surface area contributed by atoms with Crippen LogP contribution < -0.4 is 15.4 Å². The van der Waals surface area contributed by atoms with Crippen molar-refractivity contribution in [2.24, 2.45) is 0 Å². The fourth-order valence-corrected chi connectivity index (χ4v) is 4.44. The molecule has 0 saturated heterocycles. The molecule has 3 amide bonds. The number of aliphatic hydroxyl groups excluding tert-OH is 1. The van der Waals surface area contributed by atoms with E-state index in [9.17, 15) is 22.8 Å². The Bertz CT molecular complexity index is 1090. The van der Waals surface area contributed by atoms with Crippen LogP contribution in [0.25, 0.3) is 0 Å². The Kier molecular flexibility index (Phi) is 8.12. The van der Waals surface area contributed by atoms with E-state index in [0.29, 0.717) is 5.56 Å². The quantitative estimate of drug-likeness (QED) is 0.445. The smallest absolute Gasteiger partial charge is 0.269 e. The third-order valence-corrected chi connectivity index (χ3v) is 6.60. The molecule has 0 atom stereocenters. The highest BCUT2D eigenvalue weighted by Crippen LogP contribution is 2.18. The van der Waals surface area contributed by atoms with Crippen LogP contribution >= 0.6 is 0 Å². The van der Waals surface area contributed by atoms with Crippen molar-refractivity contribution in [3.05, 3.63) is 59.4 Å². The maximum atomic E-state index is 12.6. The standard InChI is InChI=1S/C22H26N4O6S/c27-13-12-23-22(30)19-11-8-16(14-24-19)21(29)26-33(31,32)18-9-6-15(7-10-18)20(28)25-17-4-2-1-3-5-17/h6-11,14,17,27H,1-5,12-13H2,(H,23,30)(H,25,28)(H,26,29). The van der Waals surface area contributed by atoms with E-state index in [1.807, 2.05) is 4.72 Å². The van der Waals surface area contributed by atoms with Crippen LogP contribution in [0.1, 0.15) is 63.3 Å². The molecule has 176 valence electrons. The van der Waals surface area contributed by atoms with E-state index < -0.39 is 21.8 Å². The summed E-state index contributed by atoms with van der Waals surface area (Å²) in [5, 5.41) is 14.1. The lowest BCUT2D eigenvalue weighted by Crippen LogP contribution is -2.36. The number of aromatic nitrogens is 1. The number of benzene rings is 1. The van der Waals surface area contributed by atoms with E-state index >= 15 is 0 Å². The minimum absolute atomic E-state index is 0.0185. The van der Waals surface area contributed by atoms with Crippen LogP contribution in [0, 0.1) is 0 Å². The Hall–Kier alpha value is -3.31. The summed E-state index contributed by atoms with van der Waals surface area (Å²) in [6.45, 7) is -0.168. The molecular formula is C22H26N4O6S. The first-order valence-electron chi connectivity index (χ1n) is 10.6. The number of amides is 3. The molecule has 0 bridgehead atoms. The molecule has 0 aliphatic heterocycles. The Morgan fingerprint density at radius 1 is 0.909 bits per heavy atom. The summed E-state index contributed by atoms with van der Waals surface area (Å²) < 4.78 is 27.1. The molecule has 10 nitrogen and oxygen atoms in total. The SMILES string of the molecule is O=C(NC1CCCCC1)c1ccc(S(=O)(=O)NC(=O)c2ccc(C(=O)NCCO)nc2)cc1. The molecule has 33 heavy (non-hydrogen) atoms. The lowest BCUT2D eigenvalue weighted by atomic mass is 9.95. The van der Waals surface area contributed by atoms with Crippen LogP contribution in [0.5, 0.6) is 0 Å². The van der Waals surface area contributed by atoms with Crippen LogP contribution in [0.2, 0.25) is 0 Å². The van der Waals surface area contributed by atoms with Gasteiger partial charge in [-0.05, 0) is 49.2 Å². The van der Waals surface area contributed by atoms with Crippen LogP contribution in [0.15, 0.2) is 47.5 Å². The summed E-state index contributed by atoms with van der Waals surface area (Å²) in [4.78, 5) is 40.2. The van der Waals surface area contributed by atoms with Gasteiger partial charge in [0.1, 0.15) is 5.69 Å². The monoisotopic (exact) mass is 474 g/mol. The van der Waals surface area contributed by atoms with E-state index in [1.165, 1.54) is 42.8 Å². The summed E-state index contributed by atoms with van der Waals surface area (Å²) in [6, 6.07) is 8.00. The molecule has 3 rings (SSSR count). The van der Waals surface area contributed by atoms with Crippen molar-refractivity contribution in [3.63, 3.8) is 0 Å². The number of aliphatic hydroxyl groups is 1. The molecule has 2 aromatic rings. The highest BCUT2D eigenvalue weighted by atomic mass is 32.2. The number of rotatable bonds is 8. The number of sulfonamides is 1. The highest BCUT2D eigenvalue weighted by molar-refractivity contribution is 7.90. The number of hydrogen-bond acceptors (Lipinski definition) is 7. The van der Waals surface area contributed by atoms with Crippen molar-refractivity contribution < 1.29 is 27.9 Å². The number of carbonyl (C=O) groups is 3. The molecular weight excluding hydrogens is 448 g/mol. The van der Waals surface area contributed by atoms with Crippen molar-refractivity contribution in [2.75, 3.05) is 13.2 Å². The minimum Gasteiger partial charge on any atom is -0.395 e. The van der Waals surface area contributed by atoms with Gasteiger partial charge in [-0.1, -0.05) is 19.3 Å². The van der Waals surface area contributed by atoms with Gasteiger partial charge in [-0.25, -0.2) is 13.1 Å².